The second kappa shape index (κ2) is 5.01. The molecule has 0 fully saturated rings. The van der Waals surface area contributed by atoms with Gasteiger partial charge in [-0.3, -0.25) is 0 Å². The number of hydrogen-bond acceptors (Lipinski definition) is 3. The number of aromatic nitrogens is 3. The van der Waals surface area contributed by atoms with Crippen LogP contribution in [0.25, 0.3) is 0 Å². The summed E-state index contributed by atoms with van der Waals surface area (Å²) < 4.78 is 28.0. The fourth-order valence-electron chi connectivity index (χ4n) is 1.49. The average molecular weight is 239 g/mol. The van der Waals surface area contributed by atoms with Crippen molar-refractivity contribution in [1.29, 1.82) is 0 Å². The Balaban J connectivity index is 2.19. The van der Waals surface area contributed by atoms with E-state index < -0.39 is 11.6 Å². The third-order valence-electron chi connectivity index (χ3n) is 2.34. The van der Waals surface area contributed by atoms with Crippen molar-refractivity contribution in [1.82, 2.24) is 15.0 Å². The number of nitrogens with zero attached hydrogens (tertiary/aromatic N) is 3. The summed E-state index contributed by atoms with van der Waals surface area (Å²) in [5.41, 5.74) is 0.539. The van der Waals surface area contributed by atoms with Gasteiger partial charge in [-0.1, -0.05) is 11.3 Å². The first-order valence-electron chi connectivity index (χ1n) is 5.13. The highest BCUT2D eigenvalue weighted by atomic mass is 19.1. The lowest BCUT2D eigenvalue weighted by Gasteiger charge is -2.03. The maximum Gasteiger partial charge on any atom is 0.131 e. The predicted octanol–water partition coefficient (Wildman–Crippen LogP) is 1.14. The van der Waals surface area contributed by atoms with Crippen molar-refractivity contribution in [2.24, 2.45) is 0 Å². The molecule has 0 aliphatic rings. The van der Waals surface area contributed by atoms with Crippen LogP contribution in [0.3, 0.4) is 0 Å². The molecule has 90 valence electrons. The van der Waals surface area contributed by atoms with Crippen LogP contribution in [-0.4, -0.2) is 26.7 Å². The molecule has 0 aliphatic heterocycles. The van der Waals surface area contributed by atoms with Gasteiger partial charge in [-0.05, 0) is 12.1 Å². The Bertz CT molecular complexity index is 493. The van der Waals surface area contributed by atoms with Crippen LogP contribution in [0.1, 0.15) is 11.3 Å². The van der Waals surface area contributed by atoms with Crippen LogP contribution in [0.4, 0.5) is 8.78 Å². The Morgan fingerprint density at radius 3 is 2.59 bits per heavy atom. The van der Waals surface area contributed by atoms with Crippen molar-refractivity contribution in [2.75, 3.05) is 6.61 Å². The molecule has 1 N–H and O–H groups in total. The van der Waals surface area contributed by atoms with Gasteiger partial charge in [-0.15, -0.1) is 5.10 Å². The van der Waals surface area contributed by atoms with Crippen LogP contribution in [0, 0.1) is 11.6 Å². The molecule has 0 bridgehead atoms. The van der Waals surface area contributed by atoms with E-state index in [1.54, 1.807) is 6.20 Å². The van der Waals surface area contributed by atoms with Crippen molar-refractivity contribution in [3.63, 3.8) is 0 Å². The van der Waals surface area contributed by atoms with E-state index in [0.29, 0.717) is 12.1 Å². The third kappa shape index (κ3) is 2.65. The van der Waals surface area contributed by atoms with Gasteiger partial charge in [0.2, 0.25) is 0 Å². The van der Waals surface area contributed by atoms with E-state index in [4.69, 9.17) is 5.11 Å². The SMILES string of the molecule is OCCc1cn(Cc2c(F)cccc2F)nn1. The molecular weight excluding hydrogens is 228 g/mol. The van der Waals surface area contributed by atoms with Gasteiger partial charge in [0.05, 0.1) is 12.2 Å². The molecular formula is C11H11F2N3O. The molecule has 17 heavy (non-hydrogen) atoms. The molecule has 0 unspecified atom stereocenters. The minimum atomic E-state index is -0.607. The Morgan fingerprint density at radius 2 is 1.94 bits per heavy atom. The van der Waals surface area contributed by atoms with Crippen LogP contribution >= 0.6 is 0 Å². The van der Waals surface area contributed by atoms with Crippen molar-refractivity contribution >= 4 is 0 Å². The van der Waals surface area contributed by atoms with Gasteiger partial charge in [0.15, 0.2) is 0 Å². The molecule has 2 aromatic rings. The Labute approximate surface area is 96.5 Å². The zero-order chi connectivity index (χ0) is 12.3. The highest BCUT2D eigenvalue weighted by molar-refractivity contribution is 5.19. The molecule has 4 nitrogen and oxygen atoms in total. The van der Waals surface area contributed by atoms with Gasteiger partial charge >= 0.3 is 0 Å². The second-order valence-electron chi connectivity index (χ2n) is 3.58. The molecule has 1 aromatic carbocycles. The zero-order valence-electron chi connectivity index (χ0n) is 8.98. The molecule has 0 spiro atoms. The molecule has 0 saturated heterocycles. The van der Waals surface area contributed by atoms with Crippen molar-refractivity contribution in [3.05, 3.63) is 47.3 Å². The van der Waals surface area contributed by atoms with Crippen molar-refractivity contribution in [2.45, 2.75) is 13.0 Å². The lowest BCUT2D eigenvalue weighted by Crippen LogP contribution is -2.05. The third-order valence-corrected chi connectivity index (χ3v) is 2.34. The lowest BCUT2D eigenvalue weighted by atomic mass is 10.2. The summed E-state index contributed by atoms with van der Waals surface area (Å²) in [5.74, 6) is -1.21. The van der Waals surface area contributed by atoms with E-state index in [9.17, 15) is 8.78 Å². The van der Waals surface area contributed by atoms with Crippen LogP contribution in [-0.2, 0) is 13.0 Å². The largest absolute Gasteiger partial charge is 0.396 e. The van der Waals surface area contributed by atoms with Gasteiger partial charge in [0.1, 0.15) is 11.6 Å². The second-order valence-corrected chi connectivity index (χ2v) is 3.58. The van der Waals surface area contributed by atoms with Gasteiger partial charge in [0, 0.05) is 24.8 Å². The van der Waals surface area contributed by atoms with Crippen LogP contribution in [0.5, 0.6) is 0 Å². The summed E-state index contributed by atoms with van der Waals surface area (Å²) in [6.45, 7) is -0.0519. The van der Waals surface area contributed by atoms with Crippen LogP contribution < -0.4 is 0 Å². The number of rotatable bonds is 4. The lowest BCUT2D eigenvalue weighted by molar-refractivity contribution is 0.298. The van der Waals surface area contributed by atoms with E-state index in [-0.39, 0.29) is 18.7 Å². The number of hydrogen-bond donors (Lipinski definition) is 1. The first kappa shape index (κ1) is 11.7. The number of benzene rings is 1. The van der Waals surface area contributed by atoms with Gasteiger partial charge in [-0.25, -0.2) is 13.5 Å². The predicted molar refractivity (Wildman–Crippen MR) is 56.3 cm³/mol. The Morgan fingerprint density at radius 1 is 1.24 bits per heavy atom. The monoisotopic (exact) mass is 239 g/mol. The fourth-order valence-corrected chi connectivity index (χ4v) is 1.49. The molecule has 6 heteroatoms. The zero-order valence-corrected chi connectivity index (χ0v) is 8.98. The van der Waals surface area contributed by atoms with Crippen molar-refractivity contribution in [3.8, 4) is 0 Å². The van der Waals surface area contributed by atoms with E-state index in [1.165, 1.54) is 22.9 Å². The molecule has 0 atom stereocenters. The minimum Gasteiger partial charge on any atom is -0.396 e. The summed E-state index contributed by atoms with van der Waals surface area (Å²) in [6, 6.07) is 3.71. The fraction of sp³-hybridized carbons (Fsp3) is 0.273. The summed E-state index contributed by atoms with van der Waals surface area (Å²) in [6.07, 6.45) is 1.93. The first-order valence-corrected chi connectivity index (χ1v) is 5.13. The van der Waals surface area contributed by atoms with E-state index >= 15 is 0 Å². The molecule has 1 aromatic heterocycles. The average Bonchev–Trinajstić information content (AvgIpc) is 2.72. The molecule has 0 radical (unpaired) electrons. The van der Waals surface area contributed by atoms with E-state index in [2.05, 4.69) is 10.3 Å². The standard InChI is InChI=1S/C11H11F2N3O/c12-10-2-1-3-11(13)9(10)7-16-6-8(4-5-17)14-15-16/h1-3,6,17H,4-5,7H2. The topological polar surface area (TPSA) is 50.9 Å². The quantitative estimate of drug-likeness (QED) is 0.870. The van der Waals surface area contributed by atoms with Gasteiger partial charge in [0.25, 0.3) is 0 Å². The molecule has 0 aliphatic carbocycles. The first-order chi connectivity index (χ1) is 8.20. The molecule has 2 rings (SSSR count). The summed E-state index contributed by atoms with van der Waals surface area (Å²) in [4.78, 5) is 0. The summed E-state index contributed by atoms with van der Waals surface area (Å²) in [7, 11) is 0. The molecule has 1 heterocycles. The summed E-state index contributed by atoms with van der Waals surface area (Å²) >= 11 is 0. The van der Waals surface area contributed by atoms with Crippen LogP contribution in [0.15, 0.2) is 24.4 Å². The summed E-state index contributed by atoms with van der Waals surface area (Å²) in [5, 5.41) is 16.2. The maximum atomic E-state index is 13.3. The van der Waals surface area contributed by atoms with Gasteiger partial charge < -0.3 is 5.11 Å². The highest BCUT2D eigenvalue weighted by Gasteiger charge is 2.10. The normalized spacial score (nSPS) is 10.8. The van der Waals surface area contributed by atoms with Crippen molar-refractivity contribution < 1.29 is 13.9 Å². The number of aliphatic hydroxyl groups excluding tert-OH is 1. The number of aliphatic hydroxyl groups is 1. The van der Waals surface area contributed by atoms with E-state index in [0.717, 1.165) is 0 Å². The van der Waals surface area contributed by atoms with Gasteiger partial charge in [-0.2, -0.15) is 0 Å². The minimum absolute atomic E-state index is 0.0169. The smallest absolute Gasteiger partial charge is 0.131 e. The van der Waals surface area contributed by atoms with E-state index in [1.807, 2.05) is 0 Å². The van der Waals surface area contributed by atoms with Crippen LogP contribution in [0.2, 0.25) is 0 Å². The molecule has 0 amide bonds. The number of halogens is 2. The Hall–Kier alpha value is -1.82. The highest BCUT2D eigenvalue weighted by Crippen LogP contribution is 2.13. The maximum absolute atomic E-state index is 13.3. The Kier molecular flexibility index (Phi) is 3.43. The molecule has 0 saturated carbocycles.